The maximum Gasteiger partial charge on any atom is 0.101 e. The summed E-state index contributed by atoms with van der Waals surface area (Å²) in [5.74, 6) is 0.854. The second-order valence-electron chi connectivity index (χ2n) is 5.44. The van der Waals surface area contributed by atoms with E-state index in [1.165, 1.54) is 32.1 Å². The molecule has 1 aliphatic rings. The lowest BCUT2D eigenvalue weighted by Gasteiger charge is -2.30. The smallest absolute Gasteiger partial charge is 0.101 e. The second kappa shape index (κ2) is 5.91. The molecule has 0 bridgehead atoms. The normalized spacial score (nSPS) is 23.4. The molecule has 0 heterocycles. The summed E-state index contributed by atoms with van der Waals surface area (Å²) in [6, 6.07) is 8.91. The van der Waals surface area contributed by atoms with Crippen LogP contribution in [0.4, 0.5) is 5.69 Å². The summed E-state index contributed by atoms with van der Waals surface area (Å²) in [5.41, 5.74) is 2.92. The van der Waals surface area contributed by atoms with E-state index in [9.17, 15) is 5.26 Å². The first-order valence-corrected chi connectivity index (χ1v) is 7.00. The Balaban J connectivity index is 2.07. The molecule has 2 rings (SSSR count). The van der Waals surface area contributed by atoms with Gasteiger partial charge in [0, 0.05) is 6.04 Å². The van der Waals surface area contributed by atoms with Crippen LogP contribution in [0.5, 0.6) is 0 Å². The van der Waals surface area contributed by atoms with E-state index >= 15 is 0 Å². The Morgan fingerprint density at radius 2 is 2.22 bits per heavy atom. The highest BCUT2D eigenvalue weighted by atomic mass is 14.9. The quantitative estimate of drug-likeness (QED) is 0.860. The fraction of sp³-hybridized carbons (Fsp3) is 0.562. The van der Waals surface area contributed by atoms with Gasteiger partial charge >= 0.3 is 0 Å². The van der Waals surface area contributed by atoms with E-state index in [2.05, 4.69) is 24.4 Å². The third kappa shape index (κ3) is 3.04. The van der Waals surface area contributed by atoms with Crippen molar-refractivity contribution in [3.05, 3.63) is 29.3 Å². The summed E-state index contributed by atoms with van der Waals surface area (Å²) in [7, 11) is 0. The van der Waals surface area contributed by atoms with Gasteiger partial charge in [-0.2, -0.15) is 5.26 Å². The molecule has 0 amide bonds. The molecule has 2 heteroatoms. The minimum Gasteiger partial charge on any atom is -0.381 e. The van der Waals surface area contributed by atoms with Gasteiger partial charge in [0.25, 0.3) is 0 Å². The number of nitrogens with one attached hydrogen (secondary N) is 1. The molecule has 2 atom stereocenters. The Kier molecular flexibility index (Phi) is 4.25. The van der Waals surface area contributed by atoms with Crippen molar-refractivity contribution in [1.82, 2.24) is 0 Å². The Bertz CT molecular complexity index is 445. The highest BCUT2D eigenvalue weighted by Crippen LogP contribution is 2.29. The number of hydrogen-bond donors (Lipinski definition) is 1. The van der Waals surface area contributed by atoms with E-state index in [0.717, 1.165) is 22.7 Å². The summed E-state index contributed by atoms with van der Waals surface area (Å²) in [6.45, 7) is 4.30. The van der Waals surface area contributed by atoms with Crippen molar-refractivity contribution >= 4 is 5.69 Å². The lowest BCUT2D eigenvalue weighted by atomic mass is 9.84. The number of benzene rings is 1. The minimum absolute atomic E-state index is 0.540. The van der Waals surface area contributed by atoms with Crippen molar-refractivity contribution < 1.29 is 0 Å². The first-order chi connectivity index (χ1) is 8.72. The number of anilines is 1. The van der Waals surface area contributed by atoms with E-state index in [1.54, 1.807) is 0 Å². The Morgan fingerprint density at radius 1 is 1.39 bits per heavy atom. The van der Waals surface area contributed by atoms with Crippen LogP contribution in [0.3, 0.4) is 0 Å². The molecule has 1 N–H and O–H groups in total. The number of nitriles is 1. The van der Waals surface area contributed by atoms with Gasteiger partial charge in [-0.05, 0) is 43.4 Å². The van der Waals surface area contributed by atoms with Crippen LogP contribution in [0.2, 0.25) is 0 Å². The van der Waals surface area contributed by atoms with Crippen LogP contribution < -0.4 is 5.32 Å². The molecule has 0 radical (unpaired) electrons. The molecule has 0 spiro atoms. The van der Waals surface area contributed by atoms with Crippen LogP contribution in [0.25, 0.3) is 0 Å². The van der Waals surface area contributed by atoms with Crippen molar-refractivity contribution in [2.45, 2.75) is 52.0 Å². The van der Waals surface area contributed by atoms with Gasteiger partial charge in [0.15, 0.2) is 0 Å². The molecule has 1 fully saturated rings. The van der Waals surface area contributed by atoms with Crippen molar-refractivity contribution in [2.75, 3.05) is 5.32 Å². The molecule has 0 aromatic heterocycles. The highest BCUT2D eigenvalue weighted by Gasteiger charge is 2.21. The molecule has 18 heavy (non-hydrogen) atoms. The summed E-state index contributed by atoms with van der Waals surface area (Å²) in [4.78, 5) is 0. The molecule has 0 saturated heterocycles. The average molecular weight is 242 g/mol. The van der Waals surface area contributed by atoms with Gasteiger partial charge in [-0.3, -0.25) is 0 Å². The van der Waals surface area contributed by atoms with E-state index in [0.29, 0.717) is 6.04 Å². The van der Waals surface area contributed by atoms with E-state index < -0.39 is 0 Å². The summed E-state index contributed by atoms with van der Waals surface area (Å²) in [6.07, 6.45) is 6.43. The number of rotatable bonds is 3. The van der Waals surface area contributed by atoms with Gasteiger partial charge in [-0.1, -0.05) is 32.3 Å². The zero-order valence-electron chi connectivity index (χ0n) is 11.4. The predicted octanol–water partition coefficient (Wildman–Crippen LogP) is 4.25. The van der Waals surface area contributed by atoms with Crippen LogP contribution in [-0.4, -0.2) is 6.04 Å². The standard InChI is InChI=1S/C16H22N2/c1-3-13-5-4-6-15(10-13)18-16-8-7-12(2)9-14(16)11-17/h7-9,13,15,18H,3-6,10H2,1-2H3. The fourth-order valence-electron chi connectivity index (χ4n) is 2.89. The Hall–Kier alpha value is -1.49. The van der Waals surface area contributed by atoms with Crippen molar-refractivity contribution in [2.24, 2.45) is 5.92 Å². The number of hydrogen-bond acceptors (Lipinski definition) is 2. The molecule has 0 aliphatic heterocycles. The maximum atomic E-state index is 9.18. The topological polar surface area (TPSA) is 35.8 Å². The van der Waals surface area contributed by atoms with Gasteiger partial charge in [-0.15, -0.1) is 0 Å². The Morgan fingerprint density at radius 3 is 2.94 bits per heavy atom. The second-order valence-corrected chi connectivity index (χ2v) is 5.44. The van der Waals surface area contributed by atoms with E-state index in [4.69, 9.17) is 0 Å². The van der Waals surface area contributed by atoms with Gasteiger partial charge in [0.05, 0.1) is 11.3 Å². The van der Waals surface area contributed by atoms with Crippen LogP contribution in [0, 0.1) is 24.2 Å². The van der Waals surface area contributed by atoms with E-state index in [1.807, 2.05) is 19.1 Å². The molecule has 2 nitrogen and oxygen atoms in total. The highest BCUT2D eigenvalue weighted by molar-refractivity contribution is 5.59. The molecule has 1 aromatic carbocycles. The van der Waals surface area contributed by atoms with Gasteiger partial charge in [0.2, 0.25) is 0 Å². The monoisotopic (exact) mass is 242 g/mol. The zero-order chi connectivity index (χ0) is 13.0. The summed E-state index contributed by atoms with van der Waals surface area (Å²) in [5, 5.41) is 12.7. The molecular formula is C16H22N2. The molecule has 96 valence electrons. The van der Waals surface area contributed by atoms with Crippen LogP contribution in [-0.2, 0) is 0 Å². The molecule has 1 aliphatic carbocycles. The first kappa shape index (κ1) is 13.0. The van der Waals surface area contributed by atoms with Crippen molar-refractivity contribution in [3.8, 4) is 6.07 Å². The van der Waals surface area contributed by atoms with Crippen LogP contribution >= 0.6 is 0 Å². The summed E-state index contributed by atoms with van der Waals surface area (Å²) >= 11 is 0. The lowest BCUT2D eigenvalue weighted by Crippen LogP contribution is -2.27. The van der Waals surface area contributed by atoms with Crippen molar-refractivity contribution in [1.29, 1.82) is 5.26 Å². The zero-order valence-corrected chi connectivity index (χ0v) is 11.4. The number of nitrogens with zero attached hydrogens (tertiary/aromatic N) is 1. The molecule has 1 aromatic rings. The predicted molar refractivity (Wildman–Crippen MR) is 75.6 cm³/mol. The third-order valence-electron chi connectivity index (χ3n) is 4.02. The largest absolute Gasteiger partial charge is 0.381 e. The van der Waals surface area contributed by atoms with E-state index in [-0.39, 0.29) is 0 Å². The maximum absolute atomic E-state index is 9.18. The molecule has 1 saturated carbocycles. The Labute approximate surface area is 110 Å². The fourth-order valence-corrected chi connectivity index (χ4v) is 2.89. The molecule has 2 unspecified atom stereocenters. The lowest BCUT2D eigenvalue weighted by molar-refractivity contribution is 0.327. The summed E-state index contributed by atoms with van der Waals surface area (Å²) < 4.78 is 0. The number of aryl methyl sites for hydroxylation is 1. The third-order valence-corrected chi connectivity index (χ3v) is 4.02. The van der Waals surface area contributed by atoms with Crippen LogP contribution in [0.15, 0.2) is 18.2 Å². The molecular weight excluding hydrogens is 220 g/mol. The first-order valence-electron chi connectivity index (χ1n) is 7.00. The van der Waals surface area contributed by atoms with Gasteiger partial charge < -0.3 is 5.32 Å². The minimum atomic E-state index is 0.540. The van der Waals surface area contributed by atoms with Crippen LogP contribution in [0.1, 0.15) is 50.2 Å². The van der Waals surface area contributed by atoms with Gasteiger partial charge in [-0.25, -0.2) is 0 Å². The van der Waals surface area contributed by atoms with Crippen molar-refractivity contribution in [3.63, 3.8) is 0 Å². The SMILES string of the molecule is CCC1CCCC(Nc2ccc(C)cc2C#N)C1. The van der Waals surface area contributed by atoms with Gasteiger partial charge in [0.1, 0.15) is 6.07 Å². The average Bonchev–Trinajstić information content (AvgIpc) is 2.41.